The first-order chi connectivity index (χ1) is 8.78. The van der Waals surface area contributed by atoms with Crippen LogP contribution >= 0.6 is 0 Å². The molecule has 2 saturated carbocycles. The normalized spacial score (nSPS) is 18.4. The van der Waals surface area contributed by atoms with Gasteiger partial charge in [0.2, 0.25) is 11.9 Å². The quantitative estimate of drug-likeness (QED) is 0.837. The van der Waals surface area contributed by atoms with E-state index in [0.717, 1.165) is 31.5 Å². The van der Waals surface area contributed by atoms with Gasteiger partial charge in [-0.2, -0.15) is 20.2 Å². The van der Waals surface area contributed by atoms with Crippen molar-refractivity contribution in [3.05, 3.63) is 5.82 Å². The third kappa shape index (κ3) is 2.35. The maximum absolute atomic E-state index is 8.72. The molecule has 0 unspecified atom stereocenters. The van der Waals surface area contributed by atoms with Crippen LogP contribution in [0.3, 0.4) is 0 Å². The summed E-state index contributed by atoms with van der Waals surface area (Å²) in [5, 5.41) is 8.72. The molecule has 0 radical (unpaired) electrons. The smallest absolute Gasteiger partial charge is 0.230 e. The van der Waals surface area contributed by atoms with Crippen molar-refractivity contribution in [1.82, 2.24) is 15.0 Å². The Morgan fingerprint density at radius 2 is 2.00 bits per heavy atom. The molecule has 18 heavy (non-hydrogen) atoms. The highest BCUT2D eigenvalue weighted by Crippen LogP contribution is 2.39. The van der Waals surface area contributed by atoms with E-state index in [4.69, 9.17) is 11.0 Å². The van der Waals surface area contributed by atoms with E-state index in [1.54, 1.807) is 0 Å². The van der Waals surface area contributed by atoms with E-state index in [9.17, 15) is 0 Å². The molecule has 0 atom stereocenters. The van der Waals surface area contributed by atoms with Crippen LogP contribution in [0.1, 0.15) is 43.8 Å². The van der Waals surface area contributed by atoms with Crippen LogP contribution < -0.4 is 10.6 Å². The monoisotopic (exact) mass is 244 g/mol. The summed E-state index contributed by atoms with van der Waals surface area (Å²) in [6.45, 7) is 0.675. The van der Waals surface area contributed by atoms with Crippen molar-refractivity contribution in [2.24, 2.45) is 0 Å². The number of nitriles is 1. The number of nitrogen functional groups attached to an aromatic ring is 1. The predicted molar refractivity (Wildman–Crippen MR) is 66.8 cm³/mol. The van der Waals surface area contributed by atoms with Crippen molar-refractivity contribution in [1.29, 1.82) is 5.26 Å². The minimum absolute atomic E-state index is 0.296. The molecular weight excluding hydrogens is 228 g/mol. The molecule has 6 nitrogen and oxygen atoms in total. The van der Waals surface area contributed by atoms with Crippen LogP contribution in [-0.2, 0) is 0 Å². The minimum Gasteiger partial charge on any atom is -0.368 e. The molecule has 0 spiro atoms. The van der Waals surface area contributed by atoms with E-state index < -0.39 is 0 Å². The maximum Gasteiger partial charge on any atom is 0.230 e. The Morgan fingerprint density at radius 1 is 1.22 bits per heavy atom. The van der Waals surface area contributed by atoms with E-state index in [2.05, 4.69) is 25.9 Å². The molecule has 2 aliphatic carbocycles. The van der Waals surface area contributed by atoms with Gasteiger partial charge in [0.1, 0.15) is 5.82 Å². The third-order valence-corrected chi connectivity index (χ3v) is 3.31. The van der Waals surface area contributed by atoms with Crippen molar-refractivity contribution >= 4 is 11.9 Å². The largest absolute Gasteiger partial charge is 0.368 e. The maximum atomic E-state index is 8.72. The molecular formula is C12H16N6. The van der Waals surface area contributed by atoms with E-state index >= 15 is 0 Å². The minimum atomic E-state index is 0.296. The summed E-state index contributed by atoms with van der Waals surface area (Å²) in [7, 11) is 0. The van der Waals surface area contributed by atoms with Gasteiger partial charge in [-0.05, 0) is 25.7 Å². The van der Waals surface area contributed by atoms with Crippen LogP contribution in [0.2, 0.25) is 0 Å². The van der Waals surface area contributed by atoms with Gasteiger partial charge in [-0.1, -0.05) is 0 Å². The molecule has 0 aliphatic heterocycles. The van der Waals surface area contributed by atoms with E-state index in [1.807, 2.05) is 0 Å². The Morgan fingerprint density at radius 3 is 2.61 bits per heavy atom. The van der Waals surface area contributed by atoms with Gasteiger partial charge in [0, 0.05) is 18.5 Å². The average molecular weight is 244 g/mol. The molecule has 3 rings (SSSR count). The summed E-state index contributed by atoms with van der Waals surface area (Å²) >= 11 is 0. The second kappa shape index (κ2) is 4.41. The second-order valence-electron chi connectivity index (χ2n) is 4.96. The second-order valence-corrected chi connectivity index (χ2v) is 4.96. The molecule has 94 valence electrons. The number of hydrogen-bond donors (Lipinski definition) is 1. The highest BCUT2D eigenvalue weighted by Gasteiger charge is 2.33. The fraction of sp³-hybridized carbons (Fsp3) is 0.667. The number of anilines is 2. The number of rotatable bonds is 5. The molecule has 2 fully saturated rings. The van der Waals surface area contributed by atoms with E-state index in [-0.39, 0.29) is 0 Å². The summed E-state index contributed by atoms with van der Waals surface area (Å²) in [4.78, 5) is 15.1. The van der Waals surface area contributed by atoms with Crippen molar-refractivity contribution in [3.63, 3.8) is 0 Å². The first-order valence-electron chi connectivity index (χ1n) is 6.43. The number of hydrogen-bond acceptors (Lipinski definition) is 6. The molecule has 2 N–H and O–H groups in total. The van der Waals surface area contributed by atoms with Gasteiger partial charge in [0.05, 0.1) is 12.5 Å². The Bertz CT molecular complexity index is 486. The average Bonchev–Trinajstić information content (AvgIpc) is 3.21. The van der Waals surface area contributed by atoms with Gasteiger partial charge in [0.15, 0.2) is 0 Å². The van der Waals surface area contributed by atoms with E-state index in [0.29, 0.717) is 36.8 Å². The van der Waals surface area contributed by atoms with Crippen LogP contribution in [0.5, 0.6) is 0 Å². The predicted octanol–water partition coefficient (Wildman–Crippen LogP) is 1.21. The third-order valence-electron chi connectivity index (χ3n) is 3.31. The van der Waals surface area contributed by atoms with Gasteiger partial charge in [-0.3, -0.25) is 0 Å². The fourth-order valence-corrected chi connectivity index (χ4v) is 2.05. The molecule has 0 saturated heterocycles. The lowest BCUT2D eigenvalue weighted by Gasteiger charge is -2.21. The summed E-state index contributed by atoms with van der Waals surface area (Å²) < 4.78 is 0. The number of aromatic nitrogens is 3. The zero-order valence-electron chi connectivity index (χ0n) is 10.2. The zero-order valence-corrected chi connectivity index (χ0v) is 10.2. The molecule has 1 heterocycles. The van der Waals surface area contributed by atoms with Gasteiger partial charge >= 0.3 is 0 Å². The number of nitrogens with zero attached hydrogens (tertiary/aromatic N) is 5. The van der Waals surface area contributed by atoms with Crippen molar-refractivity contribution in [2.75, 3.05) is 17.2 Å². The van der Waals surface area contributed by atoms with Crippen molar-refractivity contribution in [2.45, 2.75) is 44.1 Å². The first kappa shape index (κ1) is 11.2. The number of nitrogens with two attached hydrogens (primary N) is 1. The fourth-order valence-electron chi connectivity index (χ4n) is 2.05. The highest BCUT2D eigenvalue weighted by molar-refractivity contribution is 5.38. The van der Waals surface area contributed by atoms with Crippen LogP contribution in [-0.4, -0.2) is 27.5 Å². The molecule has 2 aliphatic rings. The summed E-state index contributed by atoms with van der Waals surface area (Å²) in [6, 6.07) is 2.65. The van der Waals surface area contributed by atoms with E-state index in [1.165, 1.54) is 0 Å². The zero-order chi connectivity index (χ0) is 12.5. The Balaban J connectivity index is 1.85. The van der Waals surface area contributed by atoms with Crippen LogP contribution in [0.4, 0.5) is 11.9 Å². The lowest BCUT2D eigenvalue weighted by Crippen LogP contribution is -2.29. The highest BCUT2D eigenvalue weighted by atomic mass is 15.3. The summed E-state index contributed by atoms with van der Waals surface area (Å²) in [5.74, 6) is 2.23. The SMILES string of the molecule is N#CCCN(c1nc(N)nc(C2CC2)n1)C1CC1. The van der Waals surface area contributed by atoms with Crippen molar-refractivity contribution < 1.29 is 0 Å². The summed E-state index contributed by atoms with van der Waals surface area (Å²) in [6.07, 6.45) is 5.07. The Hall–Kier alpha value is -1.90. The molecule has 0 aromatic carbocycles. The molecule has 1 aromatic heterocycles. The van der Waals surface area contributed by atoms with Crippen LogP contribution in [0, 0.1) is 11.3 Å². The Kier molecular flexibility index (Phi) is 2.74. The van der Waals surface area contributed by atoms with Gasteiger partial charge in [0.25, 0.3) is 0 Å². The van der Waals surface area contributed by atoms with Crippen LogP contribution in [0.25, 0.3) is 0 Å². The van der Waals surface area contributed by atoms with Gasteiger partial charge < -0.3 is 10.6 Å². The summed E-state index contributed by atoms with van der Waals surface area (Å²) in [5.41, 5.74) is 5.76. The standard InChI is InChI=1S/C12H16N6/c13-6-1-7-18(9-4-5-9)12-16-10(8-2-3-8)15-11(14)17-12/h8-9H,1-5,7H2,(H2,14,15,16,17). The first-order valence-corrected chi connectivity index (χ1v) is 6.43. The van der Waals surface area contributed by atoms with Crippen molar-refractivity contribution in [3.8, 4) is 6.07 Å². The molecule has 0 amide bonds. The van der Waals surface area contributed by atoms with Gasteiger partial charge in [-0.15, -0.1) is 0 Å². The molecule has 0 bridgehead atoms. The van der Waals surface area contributed by atoms with Gasteiger partial charge in [-0.25, -0.2) is 0 Å². The lowest BCUT2D eigenvalue weighted by atomic mass is 10.4. The topological polar surface area (TPSA) is 91.7 Å². The molecule has 1 aromatic rings. The lowest BCUT2D eigenvalue weighted by molar-refractivity contribution is 0.743. The Labute approximate surface area is 106 Å². The van der Waals surface area contributed by atoms with Crippen LogP contribution in [0.15, 0.2) is 0 Å². The molecule has 6 heteroatoms.